The molecule has 4 nitrogen and oxygen atoms in total. The van der Waals surface area contributed by atoms with Gasteiger partial charge in [-0.3, -0.25) is 0 Å². The van der Waals surface area contributed by atoms with Gasteiger partial charge in [0.05, 0.1) is 27.5 Å². The van der Waals surface area contributed by atoms with Crippen molar-refractivity contribution in [2.24, 2.45) is 0 Å². The molecule has 0 spiro atoms. The third-order valence-electron chi connectivity index (χ3n) is 9.54. The lowest BCUT2D eigenvalue weighted by Gasteiger charge is -2.10. The van der Waals surface area contributed by atoms with E-state index in [-0.39, 0.29) is 5.63 Å². The molecular formula is C43H26N2O2. The molecule has 47 heavy (non-hydrogen) atoms. The molecule has 3 heterocycles. The summed E-state index contributed by atoms with van der Waals surface area (Å²) in [7, 11) is 0. The lowest BCUT2D eigenvalue weighted by Crippen LogP contribution is -2.00. The number of hydrogen-bond acceptors (Lipinski definition) is 2. The number of fused-ring (bicyclic) bond motifs is 9. The van der Waals surface area contributed by atoms with Gasteiger partial charge in [0.15, 0.2) is 0 Å². The van der Waals surface area contributed by atoms with E-state index in [0.29, 0.717) is 11.0 Å². The van der Waals surface area contributed by atoms with E-state index < -0.39 is 0 Å². The van der Waals surface area contributed by atoms with Crippen LogP contribution in [0.25, 0.3) is 87.9 Å². The van der Waals surface area contributed by atoms with Crippen LogP contribution >= 0.6 is 0 Å². The van der Waals surface area contributed by atoms with E-state index in [1.165, 1.54) is 21.8 Å². The maximum atomic E-state index is 13.3. The first-order valence-electron chi connectivity index (χ1n) is 15.8. The molecule has 0 saturated heterocycles. The van der Waals surface area contributed by atoms with Crippen molar-refractivity contribution in [3.05, 3.63) is 168 Å². The van der Waals surface area contributed by atoms with Crippen molar-refractivity contribution in [1.82, 2.24) is 9.13 Å². The largest absolute Gasteiger partial charge is 0.422 e. The van der Waals surface area contributed by atoms with E-state index in [9.17, 15) is 4.79 Å². The summed E-state index contributed by atoms with van der Waals surface area (Å²) >= 11 is 0. The average Bonchev–Trinajstić information content (AvgIpc) is 3.63. The van der Waals surface area contributed by atoms with Gasteiger partial charge < -0.3 is 13.6 Å². The Morgan fingerprint density at radius 3 is 1.68 bits per heavy atom. The number of para-hydroxylation sites is 4. The topological polar surface area (TPSA) is 40.1 Å². The first kappa shape index (κ1) is 25.9. The molecule has 0 radical (unpaired) electrons. The van der Waals surface area contributed by atoms with Gasteiger partial charge in [0.25, 0.3) is 0 Å². The minimum atomic E-state index is -0.326. The monoisotopic (exact) mass is 602 g/mol. The maximum Gasteiger partial charge on any atom is 0.344 e. The van der Waals surface area contributed by atoms with Crippen LogP contribution in [-0.2, 0) is 0 Å². The Morgan fingerprint density at radius 1 is 0.362 bits per heavy atom. The number of benzene rings is 7. The predicted molar refractivity (Wildman–Crippen MR) is 194 cm³/mol. The van der Waals surface area contributed by atoms with Crippen LogP contribution in [0.4, 0.5) is 0 Å². The van der Waals surface area contributed by atoms with Gasteiger partial charge in [-0.2, -0.15) is 0 Å². The van der Waals surface area contributed by atoms with Crippen LogP contribution in [0.2, 0.25) is 0 Å². The summed E-state index contributed by atoms with van der Waals surface area (Å²) in [5.74, 6) is 0. The summed E-state index contributed by atoms with van der Waals surface area (Å²) in [6, 6.07) is 55.0. The van der Waals surface area contributed by atoms with Gasteiger partial charge in [-0.05, 0) is 77.9 Å². The van der Waals surface area contributed by atoms with Crippen molar-refractivity contribution in [1.29, 1.82) is 0 Å². The zero-order chi connectivity index (χ0) is 31.1. The molecular weight excluding hydrogens is 576 g/mol. The zero-order valence-corrected chi connectivity index (χ0v) is 25.2. The van der Waals surface area contributed by atoms with Gasteiger partial charge in [0.1, 0.15) is 5.58 Å². The second-order valence-corrected chi connectivity index (χ2v) is 12.1. The number of nitrogens with zero attached hydrogens (tertiary/aromatic N) is 2. The summed E-state index contributed by atoms with van der Waals surface area (Å²) in [4.78, 5) is 13.3. The zero-order valence-electron chi connectivity index (χ0n) is 25.2. The smallest absolute Gasteiger partial charge is 0.344 e. The van der Waals surface area contributed by atoms with Crippen molar-refractivity contribution in [3.8, 4) is 22.5 Å². The Balaban J connectivity index is 1.27. The summed E-state index contributed by atoms with van der Waals surface area (Å²) in [5.41, 5.74) is 9.14. The van der Waals surface area contributed by atoms with E-state index in [4.69, 9.17) is 4.42 Å². The summed E-state index contributed by atoms with van der Waals surface area (Å²) in [6.45, 7) is 0. The van der Waals surface area contributed by atoms with Gasteiger partial charge in [-0.15, -0.1) is 0 Å². The Labute approximate surface area is 268 Å². The molecule has 0 amide bonds. The van der Waals surface area contributed by atoms with Gasteiger partial charge >= 0.3 is 5.63 Å². The van der Waals surface area contributed by atoms with E-state index in [1.807, 2.05) is 48.5 Å². The number of rotatable bonds is 3. The fraction of sp³-hybridized carbons (Fsp3) is 0. The van der Waals surface area contributed by atoms with Crippen molar-refractivity contribution < 1.29 is 4.42 Å². The van der Waals surface area contributed by atoms with Crippen LogP contribution in [-0.4, -0.2) is 9.13 Å². The molecule has 0 bridgehead atoms. The molecule has 7 aromatic carbocycles. The average molecular weight is 603 g/mol. The van der Waals surface area contributed by atoms with E-state index in [2.05, 4.69) is 118 Å². The Bertz CT molecular complexity index is 2910. The number of hydrogen-bond donors (Lipinski definition) is 0. The third kappa shape index (κ3) is 3.79. The summed E-state index contributed by atoms with van der Waals surface area (Å²) in [6.07, 6.45) is 0. The minimum Gasteiger partial charge on any atom is -0.422 e. The summed E-state index contributed by atoms with van der Waals surface area (Å²) in [5, 5.41) is 7.10. The third-order valence-corrected chi connectivity index (χ3v) is 9.54. The second kappa shape index (κ2) is 9.80. The predicted octanol–water partition coefficient (Wildman–Crippen LogP) is 10.8. The lowest BCUT2D eigenvalue weighted by molar-refractivity contribution is 0.570. The molecule has 4 heteroatoms. The van der Waals surface area contributed by atoms with Crippen LogP contribution in [0.5, 0.6) is 0 Å². The highest BCUT2D eigenvalue weighted by Crippen LogP contribution is 2.39. The standard InChI is InChI=1S/C43H26N2O2/c46-43-37-26-41-36(25-34(37)33-16-8-10-18-42(33)47-43)35-23-27(20-22-39(35)45(41)30-13-5-2-6-14-30)28-19-21-32-31-15-7-9-17-38(31)44(40(32)24-28)29-11-3-1-4-12-29/h1-26H. The van der Waals surface area contributed by atoms with Gasteiger partial charge in [0, 0.05) is 43.7 Å². The molecule has 0 aliphatic carbocycles. The molecule has 0 aliphatic heterocycles. The molecule has 0 unspecified atom stereocenters. The first-order chi connectivity index (χ1) is 23.2. The van der Waals surface area contributed by atoms with Crippen LogP contribution in [0.15, 0.2) is 167 Å². The molecule has 0 fully saturated rings. The molecule has 3 aromatic heterocycles. The van der Waals surface area contributed by atoms with Crippen LogP contribution < -0.4 is 5.63 Å². The minimum absolute atomic E-state index is 0.326. The van der Waals surface area contributed by atoms with Gasteiger partial charge in [0.2, 0.25) is 0 Å². The van der Waals surface area contributed by atoms with Crippen LogP contribution in [0, 0.1) is 0 Å². The second-order valence-electron chi connectivity index (χ2n) is 12.1. The van der Waals surface area contributed by atoms with Crippen molar-refractivity contribution in [3.63, 3.8) is 0 Å². The quantitative estimate of drug-likeness (QED) is 0.149. The number of aromatic nitrogens is 2. The molecule has 0 aliphatic rings. The van der Waals surface area contributed by atoms with Crippen LogP contribution in [0.1, 0.15) is 0 Å². The highest BCUT2D eigenvalue weighted by atomic mass is 16.4. The Kier molecular flexibility index (Phi) is 5.40. The molecule has 0 saturated carbocycles. The highest BCUT2D eigenvalue weighted by Gasteiger charge is 2.18. The summed E-state index contributed by atoms with van der Waals surface area (Å²) < 4.78 is 10.4. The van der Waals surface area contributed by atoms with Crippen molar-refractivity contribution in [2.75, 3.05) is 0 Å². The molecule has 220 valence electrons. The van der Waals surface area contributed by atoms with E-state index in [1.54, 1.807) is 0 Å². The highest BCUT2D eigenvalue weighted by molar-refractivity contribution is 6.18. The normalized spacial score (nSPS) is 11.9. The molecule has 10 aromatic rings. The van der Waals surface area contributed by atoms with E-state index >= 15 is 0 Å². The fourth-order valence-corrected chi connectivity index (χ4v) is 7.43. The fourth-order valence-electron chi connectivity index (χ4n) is 7.43. The van der Waals surface area contributed by atoms with Crippen molar-refractivity contribution in [2.45, 2.75) is 0 Å². The van der Waals surface area contributed by atoms with Crippen LogP contribution in [0.3, 0.4) is 0 Å². The van der Waals surface area contributed by atoms with Gasteiger partial charge in [-0.25, -0.2) is 4.79 Å². The van der Waals surface area contributed by atoms with E-state index in [0.717, 1.165) is 55.1 Å². The maximum absolute atomic E-state index is 13.3. The molecule has 0 N–H and O–H groups in total. The van der Waals surface area contributed by atoms with Gasteiger partial charge in [-0.1, -0.05) is 91.0 Å². The molecule has 10 rings (SSSR count). The lowest BCUT2D eigenvalue weighted by atomic mass is 10.00. The molecule has 0 atom stereocenters. The Hall–Kier alpha value is -6.39. The van der Waals surface area contributed by atoms with Crippen molar-refractivity contribution >= 4 is 65.4 Å². The SMILES string of the molecule is O=c1oc2ccccc2c2cc3c4cc(-c5ccc6c7ccccc7n(-c7ccccc7)c6c5)ccc4n(-c4ccccc4)c3cc12. The first-order valence-corrected chi connectivity index (χ1v) is 15.8. The Morgan fingerprint density at radius 2 is 0.915 bits per heavy atom.